The molecule has 1 aromatic rings. The number of nitrogens with one attached hydrogen (secondary N) is 1. The molecule has 0 aliphatic carbocycles. The number of carbonyl (C=O) groups excluding carboxylic acids is 1. The lowest BCUT2D eigenvalue weighted by Gasteiger charge is -2.24. The second-order valence-corrected chi connectivity index (χ2v) is 5.24. The van der Waals surface area contributed by atoms with Gasteiger partial charge in [0, 0.05) is 18.3 Å². The van der Waals surface area contributed by atoms with Crippen LogP contribution in [0.15, 0.2) is 24.3 Å². The molecule has 1 rings (SSSR count). The number of aliphatic hydroxyl groups excluding tert-OH is 1. The van der Waals surface area contributed by atoms with Gasteiger partial charge in [0.2, 0.25) is 5.91 Å². The number of carbonyl (C=O) groups is 1. The first-order valence-electron chi connectivity index (χ1n) is 6.97. The summed E-state index contributed by atoms with van der Waals surface area (Å²) in [6, 6.07) is 7.31. The number of rotatable bonds is 7. The van der Waals surface area contributed by atoms with E-state index in [1.165, 1.54) is 0 Å². The minimum absolute atomic E-state index is 0.0263. The van der Waals surface area contributed by atoms with Crippen molar-refractivity contribution in [1.29, 1.82) is 0 Å². The summed E-state index contributed by atoms with van der Waals surface area (Å²) in [4.78, 5) is 13.6. The van der Waals surface area contributed by atoms with Gasteiger partial charge in [-0.1, -0.05) is 19.1 Å². The number of amides is 1. The van der Waals surface area contributed by atoms with Gasteiger partial charge in [0.25, 0.3) is 0 Å². The van der Waals surface area contributed by atoms with Crippen LogP contribution in [-0.2, 0) is 4.79 Å². The second-order valence-electron chi connectivity index (χ2n) is 5.24. The first-order valence-corrected chi connectivity index (χ1v) is 6.97. The van der Waals surface area contributed by atoms with Crippen LogP contribution in [0.25, 0.3) is 0 Å². The molecule has 0 spiro atoms. The van der Waals surface area contributed by atoms with Gasteiger partial charge in [0.1, 0.15) is 0 Å². The summed E-state index contributed by atoms with van der Waals surface area (Å²) in [6.45, 7) is 7.21. The lowest BCUT2D eigenvalue weighted by atomic mass is 10.1. The highest BCUT2D eigenvalue weighted by Gasteiger charge is 2.15. The van der Waals surface area contributed by atoms with Gasteiger partial charge in [-0.15, -0.1) is 0 Å². The Morgan fingerprint density at radius 1 is 1.45 bits per heavy atom. The van der Waals surface area contributed by atoms with Crippen molar-refractivity contribution in [2.24, 2.45) is 0 Å². The molecule has 112 valence electrons. The fourth-order valence-corrected chi connectivity index (χ4v) is 1.99. The maximum Gasteiger partial charge on any atom is 0.234 e. The molecule has 0 bridgehead atoms. The Labute approximate surface area is 120 Å². The normalized spacial score (nSPS) is 12.7. The first kappa shape index (κ1) is 16.5. The van der Waals surface area contributed by atoms with Crippen LogP contribution in [0.4, 0.5) is 5.69 Å². The molecule has 1 unspecified atom stereocenters. The van der Waals surface area contributed by atoms with E-state index in [0.29, 0.717) is 18.8 Å². The smallest absolute Gasteiger partial charge is 0.234 e. The Kier molecular flexibility index (Phi) is 6.48. The van der Waals surface area contributed by atoms with E-state index in [1.807, 2.05) is 37.8 Å². The number of aliphatic hydroxyl groups is 1. The number of anilines is 1. The van der Waals surface area contributed by atoms with Crippen molar-refractivity contribution in [2.45, 2.75) is 32.9 Å². The van der Waals surface area contributed by atoms with Gasteiger partial charge in [0.15, 0.2) is 0 Å². The fourth-order valence-electron chi connectivity index (χ4n) is 1.99. The van der Waals surface area contributed by atoms with Crippen molar-refractivity contribution in [3.63, 3.8) is 0 Å². The molecule has 0 saturated carbocycles. The van der Waals surface area contributed by atoms with E-state index in [-0.39, 0.29) is 18.5 Å². The summed E-state index contributed by atoms with van der Waals surface area (Å²) in [5.74, 6) is -0.0263. The van der Waals surface area contributed by atoms with E-state index >= 15 is 0 Å². The quantitative estimate of drug-likeness (QED) is 0.654. The predicted molar refractivity (Wildman–Crippen MR) is 81.2 cm³/mol. The third-order valence-corrected chi connectivity index (χ3v) is 2.99. The monoisotopic (exact) mass is 279 g/mol. The van der Waals surface area contributed by atoms with Gasteiger partial charge in [-0.05, 0) is 38.1 Å². The van der Waals surface area contributed by atoms with Crippen molar-refractivity contribution in [1.82, 2.24) is 10.2 Å². The van der Waals surface area contributed by atoms with Crippen LogP contribution in [-0.4, -0.2) is 41.6 Å². The van der Waals surface area contributed by atoms with Crippen LogP contribution in [0.5, 0.6) is 0 Å². The molecule has 5 nitrogen and oxygen atoms in total. The lowest BCUT2D eigenvalue weighted by molar-refractivity contribution is -0.123. The molecule has 0 saturated heterocycles. The molecule has 0 aromatic heterocycles. The van der Waals surface area contributed by atoms with Crippen molar-refractivity contribution in [3.8, 4) is 0 Å². The van der Waals surface area contributed by atoms with Crippen molar-refractivity contribution >= 4 is 11.6 Å². The highest BCUT2D eigenvalue weighted by Crippen LogP contribution is 2.16. The highest BCUT2D eigenvalue weighted by molar-refractivity contribution is 5.78. The zero-order valence-electron chi connectivity index (χ0n) is 12.5. The van der Waals surface area contributed by atoms with E-state index in [1.54, 1.807) is 12.1 Å². The van der Waals surface area contributed by atoms with Crippen LogP contribution in [0.2, 0.25) is 0 Å². The third-order valence-electron chi connectivity index (χ3n) is 2.99. The average molecular weight is 279 g/mol. The Morgan fingerprint density at radius 2 is 2.15 bits per heavy atom. The van der Waals surface area contributed by atoms with Crippen LogP contribution < -0.4 is 11.1 Å². The van der Waals surface area contributed by atoms with Crippen LogP contribution in [0.1, 0.15) is 32.4 Å². The molecule has 0 radical (unpaired) electrons. The lowest BCUT2D eigenvalue weighted by Crippen LogP contribution is -2.41. The summed E-state index contributed by atoms with van der Waals surface area (Å²) in [7, 11) is 0. The van der Waals surface area contributed by atoms with Crippen LogP contribution in [0, 0.1) is 0 Å². The molecular formula is C15H25N3O2. The van der Waals surface area contributed by atoms with Gasteiger partial charge >= 0.3 is 0 Å². The summed E-state index contributed by atoms with van der Waals surface area (Å²) in [5.41, 5.74) is 7.10. The molecular weight excluding hydrogens is 254 g/mol. The molecule has 5 heteroatoms. The summed E-state index contributed by atoms with van der Waals surface area (Å²) in [5, 5.41) is 13.1. The topological polar surface area (TPSA) is 78.6 Å². The van der Waals surface area contributed by atoms with E-state index in [9.17, 15) is 9.90 Å². The molecule has 1 amide bonds. The highest BCUT2D eigenvalue weighted by atomic mass is 16.3. The Morgan fingerprint density at radius 3 is 2.70 bits per heavy atom. The minimum Gasteiger partial charge on any atom is -0.399 e. The van der Waals surface area contributed by atoms with Crippen LogP contribution in [0.3, 0.4) is 0 Å². The number of nitrogen functional groups attached to an aromatic ring is 1. The number of hydrogen-bond acceptors (Lipinski definition) is 4. The van der Waals surface area contributed by atoms with Gasteiger partial charge in [-0.25, -0.2) is 0 Å². The molecule has 0 heterocycles. The van der Waals surface area contributed by atoms with Gasteiger partial charge in [-0.2, -0.15) is 0 Å². The number of likely N-dealkylation sites (N-methyl/N-ethyl adjacent to an activating group) is 1. The van der Waals surface area contributed by atoms with Gasteiger partial charge in [-0.3, -0.25) is 9.69 Å². The zero-order valence-corrected chi connectivity index (χ0v) is 12.5. The summed E-state index contributed by atoms with van der Waals surface area (Å²) >= 11 is 0. The molecule has 1 atom stereocenters. The maximum atomic E-state index is 11.7. The van der Waals surface area contributed by atoms with Crippen molar-refractivity contribution in [2.75, 3.05) is 25.4 Å². The molecule has 20 heavy (non-hydrogen) atoms. The number of nitrogens with zero attached hydrogens (tertiary/aromatic N) is 1. The Bertz CT molecular complexity index is 435. The van der Waals surface area contributed by atoms with Crippen molar-refractivity contribution < 1.29 is 9.90 Å². The maximum absolute atomic E-state index is 11.7. The third kappa shape index (κ3) is 5.59. The molecule has 1 aromatic carbocycles. The minimum atomic E-state index is -0.648. The van der Waals surface area contributed by atoms with E-state index in [2.05, 4.69) is 5.32 Å². The predicted octanol–water partition coefficient (Wildman–Crippen LogP) is 1.15. The molecule has 0 aliphatic heterocycles. The summed E-state index contributed by atoms with van der Waals surface area (Å²) < 4.78 is 0. The molecule has 0 aliphatic rings. The fraction of sp³-hybridized carbons (Fsp3) is 0.533. The number of nitrogens with two attached hydrogens (primary N) is 1. The zero-order chi connectivity index (χ0) is 15.1. The average Bonchev–Trinajstić information content (AvgIpc) is 2.36. The molecule has 4 N–H and O–H groups in total. The Hall–Kier alpha value is -1.59. The molecule has 0 fully saturated rings. The largest absolute Gasteiger partial charge is 0.399 e. The van der Waals surface area contributed by atoms with Gasteiger partial charge < -0.3 is 16.2 Å². The summed E-state index contributed by atoms with van der Waals surface area (Å²) in [6.07, 6.45) is -0.648. The SMILES string of the molecule is CCN(CC(=O)NC(C)C)CC(O)c1cccc(N)c1. The first-order chi connectivity index (χ1) is 9.42. The Balaban J connectivity index is 2.57. The van der Waals surface area contributed by atoms with E-state index in [4.69, 9.17) is 5.73 Å². The van der Waals surface area contributed by atoms with E-state index < -0.39 is 6.10 Å². The van der Waals surface area contributed by atoms with E-state index in [0.717, 1.165) is 5.56 Å². The van der Waals surface area contributed by atoms with Crippen molar-refractivity contribution in [3.05, 3.63) is 29.8 Å². The van der Waals surface area contributed by atoms with Gasteiger partial charge in [0.05, 0.1) is 12.6 Å². The second kappa shape index (κ2) is 7.87. The number of hydrogen-bond donors (Lipinski definition) is 3. The standard InChI is InChI=1S/C15H25N3O2/c1-4-18(10-15(20)17-11(2)3)9-14(19)12-6-5-7-13(16)8-12/h5-8,11,14,19H,4,9-10,16H2,1-3H3,(H,17,20). The number of benzene rings is 1. The van der Waals surface area contributed by atoms with Crippen LogP contribution >= 0.6 is 0 Å².